The molecule has 10 heavy (non-hydrogen) atoms. The normalized spacial score (nSPS) is 11.6. The second-order valence-corrected chi connectivity index (χ2v) is 2.90. The van der Waals surface area contributed by atoms with Crippen LogP contribution in [0.25, 0.3) is 0 Å². The molecule has 0 aromatic rings. The minimum absolute atomic E-state index is 0.474. The van der Waals surface area contributed by atoms with E-state index in [9.17, 15) is 0 Å². The summed E-state index contributed by atoms with van der Waals surface area (Å²) in [6, 6.07) is 0. The Kier molecular flexibility index (Phi) is 6.68. The van der Waals surface area contributed by atoms with E-state index in [1.165, 1.54) is 25.7 Å². The molecule has 0 aliphatic heterocycles. The van der Waals surface area contributed by atoms with Crippen LogP contribution >= 0.6 is 0 Å². The van der Waals surface area contributed by atoms with Crippen LogP contribution in [0.15, 0.2) is 12.2 Å². The highest BCUT2D eigenvalue weighted by Gasteiger charge is 1.84. The smallest absolute Gasteiger partial charge is 0.0262 e. The first kappa shape index (κ1) is 9.74. The van der Waals surface area contributed by atoms with Crippen LogP contribution in [0.5, 0.6) is 0 Å². The van der Waals surface area contributed by atoms with Gasteiger partial charge in [-0.05, 0) is 25.7 Å². The van der Waals surface area contributed by atoms with Crippen molar-refractivity contribution in [2.45, 2.75) is 39.5 Å². The van der Waals surface area contributed by atoms with E-state index in [0.29, 0.717) is 5.92 Å². The summed E-state index contributed by atoms with van der Waals surface area (Å²) in [4.78, 5) is 0. The van der Waals surface area contributed by atoms with Crippen molar-refractivity contribution in [3.63, 3.8) is 0 Å². The van der Waals surface area contributed by atoms with Crippen LogP contribution in [0, 0.1) is 12.8 Å². The minimum Gasteiger partial charge on any atom is -0.0883 e. The Morgan fingerprint density at radius 1 is 1.40 bits per heavy atom. The Morgan fingerprint density at radius 3 is 2.60 bits per heavy atom. The SMILES string of the molecule is [CH2]C(C)C=CCCCCC. The average Bonchev–Trinajstić information content (AvgIpc) is 1.87. The Balaban J connectivity index is 3.02. The van der Waals surface area contributed by atoms with Crippen molar-refractivity contribution >= 4 is 0 Å². The van der Waals surface area contributed by atoms with Gasteiger partial charge in [-0.2, -0.15) is 0 Å². The van der Waals surface area contributed by atoms with Gasteiger partial charge in [-0.3, -0.25) is 0 Å². The van der Waals surface area contributed by atoms with E-state index in [1.54, 1.807) is 0 Å². The minimum atomic E-state index is 0.474. The molecule has 0 aromatic heterocycles. The molecule has 59 valence electrons. The second kappa shape index (κ2) is 6.85. The van der Waals surface area contributed by atoms with Crippen molar-refractivity contribution in [2.24, 2.45) is 5.92 Å². The Labute approximate surface area is 65.3 Å². The summed E-state index contributed by atoms with van der Waals surface area (Å²) in [5.41, 5.74) is 0. The summed E-state index contributed by atoms with van der Waals surface area (Å²) in [6.45, 7) is 8.21. The van der Waals surface area contributed by atoms with Gasteiger partial charge in [0, 0.05) is 0 Å². The Morgan fingerprint density at radius 2 is 2.10 bits per heavy atom. The van der Waals surface area contributed by atoms with Gasteiger partial charge in [0.15, 0.2) is 0 Å². The van der Waals surface area contributed by atoms with Crippen LogP contribution < -0.4 is 0 Å². The van der Waals surface area contributed by atoms with Gasteiger partial charge in [0.05, 0.1) is 0 Å². The zero-order valence-corrected chi connectivity index (χ0v) is 7.27. The van der Waals surface area contributed by atoms with E-state index >= 15 is 0 Å². The van der Waals surface area contributed by atoms with E-state index in [-0.39, 0.29) is 0 Å². The molecule has 0 rings (SSSR count). The highest BCUT2D eigenvalue weighted by Crippen LogP contribution is 2.01. The largest absolute Gasteiger partial charge is 0.0883 e. The standard InChI is InChI=1S/C10H19/c1-4-5-6-7-8-9-10(2)3/h8-10H,2,4-7H2,1,3H3. The molecule has 0 aliphatic carbocycles. The summed E-state index contributed by atoms with van der Waals surface area (Å²) in [5.74, 6) is 0.474. The van der Waals surface area contributed by atoms with E-state index in [4.69, 9.17) is 0 Å². The number of allylic oxidation sites excluding steroid dienone is 2. The second-order valence-electron chi connectivity index (χ2n) is 2.90. The third kappa shape index (κ3) is 7.74. The maximum Gasteiger partial charge on any atom is -0.0262 e. The van der Waals surface area contributed by atoms with Gasteiger partial charge in [-0.1, -0.05) is 38.8 Å². The molecular weight excluding hydrogens is 120 g/mol. The van der Waals surface area contributed by atoms with Gasteiger partial charge < -0.3 is 0 Å². The van der Waals surface area contributed by atoms with Crippen LogP contribution in [-0.4, -0.2) is 0 Å². The molecule has 0 aromatic carbocycles. The summed E-state index contributed by atoms with van der Waals surface area (Å²) >= 11 is 0. The van der Waals surface area contributed by atoms with E-state index < -0.39 is 0 Å². The van der Waals surface area contributed by atoms with Crippen LogP contribution in [0.1, 0.15) is 39.5 Å². The topological polar surface area (TPSA) is 0 Å². The molecule has 0 saturated carbocycles. The van der Waals surface area contributed by atoms with E-state index in [2.05, 4.69) is 32.9 Å². The molecule has 0 spiro atoms. The maximum absolute atomic E-state index is 3.87. The third-order valence-corrected chi connectivity index (χ3v) is 1.44. The summed E-state index contributed by atoms with van der Waals surface area (Å²) in [7, 11) is 0. The lowest BCUT2D eigenvalue weighted by atomic mass is 10.1. The molecule has 1 unspecified atom stereocenters. The van der Waals surface area contributed by atoms with Gasteiger partial charge in [0.25, 0.3) is 0 Å². The molecule has 1 radical (unpaired) electrons. The number of unbranched alkanes of at least 4 members (excludes halogenated alkanes) is 3. The molecule has 0 bridgehead atoms. The number of rotatable bonds is 5. The molecule has 0 heteroatoms. The van der Waals surface area contributed by atoms with E-state index in [0.717, 1.165) is 0 Å². The van der Waals surface area contributed by atoms with Crippen molar-refractivity contribution in [2.75, 3.05) is 0 Å². The highest BCUT2D eigenvalue weighted by atomic mass is 13.9. The summed E-state index contributed by atoms with van der Waals surface area (Å²) in [6.07, 6.45) is 9.65. The molecule has 0 amide bonds. The third-order valence-electron chi connectivity index (χ3n) is 1.44. The van der Waals surface area contributed by atoms with Crippen molar-refractivity contribution in [3.8, 4) is 0 Å². The van der Waals surface area contributed by atoms with Gasteiger partial charge in [-0.25, -0.2) is 0 Å². The van der Waals surface area contributed by atoms with Crippen molar-refractivity contribution < 1.29 is 0 Å². The lowest BCUT2D eigenvalue weighted by molar-refractivity contribution is 0.726. The molecule has 0 fully saturated rings. The monoisotopic (exact) mass is 139 g/mol. The average molecular weight is 139 g/mol. The Hall–Kier alpha value is -0.260. The highest BCUT2D eigenvalue weighted by molar-refractivity contribution is 4.87. The number of hydrogen-bond acceptors (Lipinski definition) is 0. The first-order valence-corrected chi connectivity index (χ1v) is 4.27. The molecule has 0 aliphatic rings. The van der Waals surface area contributed by atoms with Crippen molar-refractivity contribution in [3.05, 3.63) is 19.1 Å². The molecule has 0 heterocycles. The Bertz CT molecular complexity index is 80.0. The van der Waals surface area contributed by atoms with Crippen molar-refractivity contribution in [1.82, 2.24) is 0 Å². The van der Waals surface area contributed by atoms with Gasteiger partial charge in [0.1, 0.15) is 0 Å². The van der Waals surface area contributed by atoms with Crippen LogP contribution in [0.3, 0.4) is 0 Å². The van der Waals surface area contributed by atoms with Gasteiger partial charge >= 0.3 is 0 Å². The fourth-order valence-corrected chi connectivity index (χ4v) is 0.841. The van der Waals surface area contributed by atoms with Crippen molar-refractivity contribution in [1.29, 1.82) is 0 Å². The maximum atomic E-state index is 3.87. The van der Waals surface area contributed by atoms with Crippen LogP contribution in [0.4, 0.5) is 0 Å². The fraction of sp³-hybridized carbons (Fsp3) is 0.700. The van der Waals surface area contributed by atoms with E-state index in [1.807, 2.05) is 0 Å². The fourth-order valence-electron chi connectivity index (χ4n) is 0.841. The zero-order valence-electron chi connectivity index (χ0n) is 7.27. The first-order valence-electron chi connectivity index (χ1n) is 4.27. The molecule has 0 nitrogen and oxygen atoms in total. The molecule has 0 N–H and O–H groups in total. The van der Waals surface area contributed by atoms with Gasteiger partial charge in [0.2, 0.25) is 0 Å². The predicted octanol–water partition coefficient (Wildman–Crippen LogP) is 3.59. The summed E-state index contributed by atoms with van der Waals surface area (Å²) < 4.78 is 0. The van der Waals surface area contributed by atoms with Crippen LogP contribution in [0.2, 0.25) is 0 Å². The quantitative estimate of drug-likeness (QED) is 0.403. The predicted molar refractivity (Wildman–Crippen MR) is 47.8 cm³/mol. The lowest BCUT2D eigenvalue weighted by Gasteiger charge is -1.93. The van der Waals surface area contributed by atoms with Gasteiger partial charge in [-0.15, -0.1) is 0 Å². The zero-order chi connectivity index (χ0) is 7.82. The number of hydrogen-bond donors (Lipinski definition) is 0. The molecule has 0 saturated heterocycles. The molecule has 1 atom stereocenters. The lowest BCUT2D eigenvalue weighted by Crippen LogP contribution is -1.77. The first-order chi connectivity index (χ1) is 4.77. The van der Waals surface area contributed by atoms with Crippen LogP contribution in [-0.2, 0) is 0 Å². The molecular formula is C10H19. The summed E-state index contributed by atoms with van der Waals surface area (Å²) in [5, 5.41) is 0.